The van der Waals surface area contributed by atoms with Gasteiger partial charge in [0.2, 0.25) is 0 Å². The SMILES string of the molecule is NCCc1c[nH]c2ccc(NC(N)=O)cc12. The summed E-state index contributed by atoms with van der Waals surface area (Å²) in [7, 11) is 0. The van der Waals surface area contributed by atoms with Gasteiger partial charge in [-0.05, 0) is 36.7 Å². The highest BCUT2D eigenvalue weighted by Gasteiger charge is 2.04. The van der Waals surface area contributed by atoms with Crippen molar-refractivity contribution in [3.8, 4) is 0 Å². The fourth-order valence-corrected chi connectivity index (χ4v) is 1.76. The predicted octanol–water partition coefficient (Wildman–Crippen LogP) is 1.16. The molecule has 2 rings (SSSR count). The number of primary amides is 1. The second kappa shape index (κ2) is 4.24. The van der Waals surface area contributed by atoms with E-state index < -0.39 is 6.03 Å². The molecule has 0 unspecified atom stereocenters. The number of aromatic nitrogens is 1. The Hall–Kier alpha value is -2.01. The van der Waals surface area contributed by atoms with Crippen molar-refractivity contribution < 1.29 is 4.79 Å². The summed E-state index contributed by atoms with van der Waals surface area (Å²) in [5.41, 5.74) is 13.5. The molecule has 6 N–H and O–H groups in total. The molecular weight excluding hydrogens is 204 g/mol. The van der Waals surface area contributed by atoms with Gasteiger partial charge < -0.3 is 21.8 Å². The molecule has 2 aromatic rings. The predicted molar refractivity (Wildman–Crippen MR) is 64.3 cm³/mol. The Morgan fingerprint density at radius 1 is 1.44 bits per heavy atom. The lowest BCUT2D eigenvalue weighted by Crippen LogP contribution is -2.19. The van der Waals surface area contributed by atoms with Gasteiger partial charge in [0.15, 0.2) is 0 Å². The molecule has 0 aliphatic rings. The smallest absolute Gasteiger partial charge is 0.316 e. The van der Waals surface area contributed by atoms with E-state index in [0.29, 0.717) is 12.2 Å². The normalized spacial score (nSPS) is 10.6. The fourth-order valence-electron chi connectivity index (χ4n) is 1.76. The first-order valence-corrected chi connectivity index (χ1v) is 5.07. The van der Waals surface area contributed by atoms with Crippen LogP contribution in [0.2, 0.25) is 0 Å². The molecule has 0 atom stereocenters. The number of nitrogens with two attached hydrogens (primary N) is 2. The first-order chi connectivity index (χ1) is 7.70. The van der Waals surface area contributed by atoms with Crippen LogP contribution < -0.4 is 16.8 Å². The molecule has 0 fully saturated rings. The van der Waals surface area contributed by atoms with Crippen LogP contribution in [0.15, 0.2) is 24.4 Å². The largest absolute Gasteiger partial charge is 0.361 e. The van der Waals surface area contributed by atoms with Gasteiger partial charge in [0.1, 0.15) is 0 Å². The quantitative estimate of drug-likeness (QED) is 0.621. The van der Waals surface area contributed by atoms with E-state index in [9.17, 15) is 4.79 Å². The molecule has 0 radical (unpaired) electrons. The lowest BCUT2D eigenvalue weighted by atomic mass is 10.1. The van der Waals surface area contributed by atoms with Gasteiger partial charge in [0.05, 0.1) is 0 Å². The van der Waals surface area contributed by atoms with Crippen molar-refractivity contribution in [2.75, 3.05) is 11.9 Å². The molecule has 16 heavy (non-hydrogen) atoms. The van der Waals surface area contributed by atoms with E-state index in [1.54, 1.807) is 6.07 Å². The lowest BCUT2D eigenvalue weighted by molar-refractivity contribution is 0.259. The molecule has 5 nitrogen and oxygen atoms in total. The number of H-pyrrole nitrogens is 1. The number of anilines is 1. The fraction of sp³-hybridized carbons (Fsp3) is 0.182. The summed E-state index contributed by atoms with van der Waals surface area (Å²) >= 11 is 0. The molecule has 0 bridgehead atoms. The van der Waals surface area contributed by atoms with E-state index in [4.69, 9.17) is 11.5 Å². The average molecular weight is 218 g/mol. The maximum atomic E-state index is 10.7. The minimum atomic E-state index is -0.560. The van der Waals surface area contributed by atoms with Crippen LogP contribution in [0.3, 0.4) is 0 Å². The number of rotatable bonds is 3. The molecule has 1 aromatic heterocycles. The maximum absolute atomic E-state index is 10.7. The van der Waals surface area contributed by atoms with E-state index in [2.05, 4.69) is 10.3 Å². The minimum absolute atomic E-state index is 0.560. The Bertz CT molecular complexity index is 518. The van der Waals surface area contributed by atoms with E-state index in [-0.39, 0.29) is 0 Å². The summed E-state index contributed by atoms with van der Waals surface area (Å²) in [6.45, 7) is 0.598. The maximum Gasteiger partial charge on any atom is 0.316 e. The zero-order valence-electron chi connectivity index (χ0n) is 8.79. The van der Waals surface area contributed by atoms with Crippen LogP contribution in [-0.4, -0.2) is 17.6 Å². The molecule has 2 amide bonds. The highest BCUT2D eigenvalue weighted by molar-refractivity contribution is 5.93. The van der Waals surface area contributed by atoms with Crippen molar-refractivity contribution in [2.45, 2.75) is 6.42 Å². The monoisotopic (exact) mass is 218 g/mol. The highest BCUT2D eigenvalue weighted by Crippen LogP contribution is 2.22. The van der Waals surface area contributed by atoms with Gasteiger partial charge in [0, 0.05) is 22.8 Å². The van der Waals surface area contributed by atoms with Gasteiger partial charge in [-0.3, -0.25) is 0 Å². The number of urea groups is 1. The van der Waals surface area contributed by atoms with Gasteiger partial charge in [-0.15, -0.1) is 0 Å². The Balaban J connectivity index is 2.41. The Labute approximate surface area is 92.8 Å². The molecule has 0 aliphatic heterocycles. The molecular formula is C11H14N4O. The standard InChI is InChI=1S/C11H14N4O/c12-4-3-7-6-14-10-2-1-8(5-9(7)10)15-11(13)16/h1-2,5-6,14H,3-4,12H2,(H3,13,15,16). The van der Waals surface area contributed by atoms with Gasteiger partial charge in [-0.2, -0.15) is 0 Å². The number of fused-ring (bicyclic) bond motifs is 1. The number of nitrogens with one attached hydrogen (secondary N) is 2. The number of benzene rings is 1. The number of carbonyl (C=O) groups excluding carboxylic acids is 1. The van der Waals surface area contributed by atoms with Gasteiger partial charge in [0.25, 0.3) is 0 Å². The first kappa shape index (κ1) is 10.5. The van der Waals surface area contributed by atoms with Gasteiger partial charge in [-0.25, -0.2) is 4.79 Å². The minimum Gasteiger partial charge on any atom is -0.361 e. The van der Waals surface area contributed by atoms with E-state index in [0.717, 1.165) is 22.9 Å². The molecule has 0 spiro atoms. The number of aromatic amines is 1. The average Bonchev–Trinajstić information content (AvgIpc) is 2.61. The zero-order chi connectivity index (χ0) is 11.5. The van der Waals surface area contributed by atoms with E-state index >= 15 is 0 Å². The molecule has 1 heterocycles. The first-order valence-electron chi connectivity index (χ1n) is 5.07. The van der Waals surface area contributed by atoms with Crippen LogP contribution in [0.5, 0.6) is 0 Å². The molecule has 1 aromatic carbocycles. The van der Waals surface area contributed by atoms with Crippen molar-refractivity contribution in [1.29, 1.82) is 0 Å². The third-order valence-electron chi connectivity index (χ3n) is 2.45. The summed E-state index contributed by atoms with van der Waals surface area (Å²) in [5.74, 6) is 0. The summed E-state index contributed by atoms with van der Waals surface area (Å²) in [6.07, 6.45) is 2.74. The Morgan fingerprint density at radius 3 is 2.94 bits per heavy atom. The van der Waals surface area contributed by atoms with Crippen LogP contribution in [0.1, 0.15) is 5.56 Å². The molecule has 5 heteroatoms. The summed E-state index contributed by atoms with van der Waals surface area (Å²) < 4.78 is 0. The van der Waals surface area contributed by atoms with Crippen LogP contribution >= 0.6 is 0 Å². The molecule has 84 valence electrons. The highest BCUT2D eigenvalue weighted by atomic mass is 16.2. The Kier molecular flexibility index (Phi) is 2.78. The number of hydrogen-bond donors (Lipinski definition) is 4. The number of hydrogen-bond acceptors (Lipinski definition) is 2. The van der Waals surface area contributed by atoms with Crippen molar-refractivity contribution in [2.24, 2.45) is 11.5 Å². The van der Waals surface area contributed by atoms with E-state index in [1.165, 1.54) is 0 Å². The molecule has 0 saturated heterocycles. The topological polar surface area (TPSA) is 96.9 Å². The van der Waals surface area contributed by atoms with Gasteiger partial charge in [-0.1, -0.05) is 0 Å². The van der Waals surface area contributed by atoms with Crippen molar-refractivity contribution >= 4 is 22.6 Å². The Morgan fingerprint density at radius 2 is 2.25 bits per heavy atom. The third-order valence-corrected chi connectivity index (χ3v) is 2.45. The van der Waals surface area contributed by atoms with Crippen molar-refractivity contribution in [3.63, 3.8) is 0 Å². The van der Waals surface area contributed by atoms with Crippen LogP contribution in [0, 0.1) is 0 Å². The molecule has 0 saturated carbocycles. The second-order valence-electron chi connectivity index (χ2n) is 3.60. The van der Waals surface area contributed by atoms with Crippen LogP contribution in [0.4, 0.5) is 10.5 Å². The molecule has 0 aliphatic carbocycles. The van der Waals surface area contributed by atoms with Crippen molar-refractivity contribution in [1.82, 2.24) is 4.98 Å². The summed E-state index contributed by atoms with van der Waals surface area (Å²) in [6, 6.07) is 5.04. The summed E-state index contributed by atoms with van der Waals surface area (Å²) in [5, 5.41) is 3.62. The van der Waals surface area contributed by atoms with Crippen molar-refractivity contribution in [3.05, 3.63) is 30.0 Å². The number of amides is 2. The second-order valence-corrected chi connectivity index (χ2v) is 3.60. The number of carbonyl (C=O) groups is 1. The van der Waals surface area contributed by atoms with E-state index in [1.807, 2.05) is 18.3 Å². The van der Waals surface area contributed by atoms with Crippen LogP contribution in [-0.2, 0) is 6.42 Å². The third kappa shape index (κ3) is 1.99. The summed E-state index contributed by atoms with van der Waals surface area (Å²) in [4.78, 5) is 13.9. The zero-order valence-corrected chi connectivity index (χ0v) is 8.79. The lowest BCUT2D eigenvalue weighted by Gasteiger charge is -2.02. The van der Waals surface area contributed by atoms with Crippen LogP contribution in [0.25, 0.3) is 10.9 Å². The van der Waals surface area contributed by atoms with Gasteiger partial charge >= 0.3 is 6.03 Å².